The van der Waals surface area contributed by atoms with Gasteiger partial charge in [-0.1, -0.05) is 17.7 Å². The van der Waals surface area contributed by atoms with Gasteiger partial charge < -0.3 is 10.1 Å². The summed E-state index contributed by atoms with van der Waals surface area (Å²) in [5.41, 5.74) is 2.51. The van der Waals surface area contributed by atoms with Crippen LogP contribution in [0.2, 0.25) is 5.02 Å². The highest BCUT2D eigenvalue weighted by Crippen LogP contribution is 2.37. The third kappa shape index (κ3) is 4.31. The molecule has 11 heteroatoms. The second-order valence-corrected chi connectivity index (χ2v) is 9.30. The van der Waals surface area contributed by atoms with Crippen LogP contribution in [-0.2, 0) is 20.4 Å². The number of benzene rings is 2. The lowest BCUT2D eigenvalue weighted by molar-refractivity contribution is 0.0421. The van der Waals surface area contributed by atoms with E-state index in [1.165, 1.54) is 12.1 Å². The normalized spacial score (nSPS) is 14.9. The Hall–Kier alpha value is -3.21. The fourth-order valence-corrected chi connectivity index (χ4v) is 4.31. The predicted molar refractivity (Wildman–Crippen MR) is 117 cm³/mol. The molecule has 0 fully saturated rings. The number of anilines is 3. The number of hydrogen-bond acceptors (Lipinski definition) is 7. The van der Waals surface area contributed by atoms with Crippen molar-refractivity contribution < 1.29 is 17.9 Å². The van der Waals surface area contributed by atoms with Gasteiger partial charge in [0.25, 0.3) is 0 Å². The molecule has 0 radical (unpaired) electrons. The molecule has 0 atom stereocenters. The highest BCUT2D eigenvalue weighted by Gasteiger charge is 2.33. The standard InChI is InChI=1S/C20H18ClN5O4S/c1-20(2)13-9-11(3-6-16(13)26-19(27)30-20)15-7-8-23-18(25-15)24-12-4-5-14(21)17(10-12)31(22,28)29/h3-10H,1-2H3,(H,26,27)(H2,22,28,29)(H,23,24,25). The van der Waals surface area contributed by atoms with Crippen LogP contribution < -0.4 is 15.8 Å². The van der Waals surface area contributed by atoms with Crippen molar-refractivity contribution >= 4 is 45.0 Å². The van der Waals surface area contributed by atoms with Gasteiger partial charge >= 0.3 is 6.09 Å². The van der Waals surface area contributed by atoms with Gasteiger partial charge in [-0.2, -0.15) is 0 Å². The number of carbonyl (C=O) groups is 1. The number of rotatable bonds is 4. The Balaban J connectivity index is 1.67. The number of hydrogen-bond donors (Lipinski definition) is 3. The van der Waals surface area contributed by atoms with E-state index in [-0.39, 0.29) is 15.9 Å². The van der Waals surface area contributed by atoms with Crippen LogP contribution in [-0.4, -0.2) is 24.5 Å². The molecule has 2 aromatic carbocycles. The molecule has 160 valence electrons. The van der Waals surface area contributed by atoms with Crippen LogP contribution in [0, 0.1) is 0 Å². The molecule has 1 amide bonds. The topological polar surface area (TPSA) is 136 Å². The van der Waals surface area contributed by atoms with Crippen molar-refractivity contribution in [1.29, 1.82) is 0 Å². The highest BCUT2D eigenvalue weighted by molar-refractivity contribution is 7.89. The molecule has 4 N–H and O–H groups in total. The zero-order valence-electron chi connectivity index (χ0n) is 16.5. The van der Waals surface area contributed by atoms with Crippen LogP contribution in [0.4, 0.5) is 22.1 Å². The van der Waals surface area contributed by atoms with E-state index in [1.807, 2.05) is 26.0 Å². The SMILES string of the molecule is CC1(C)OC(=O)Nc2ccc(-c3ccnc(Nc4ccc(Cl)c(S(N)(=O)=O)c4)n3)cc21. The van der Waals surface area contributed by atoms with E-state index in [2.05, 4.69) is 20.6 Å². The van der Waals surface area contributed by atoms with Crippen molar-refractivity contribution in [3.8, 4) is 11.3 Å². The molecule has 1 aliphatic rings. The van der Waals surface area contributed by atoms with Gasteiger partial charge in [-0.05, 0) is 50.2 Å². The summed E-state index contributed by atoms with van der Waals surface area (Å²) in [6.07, 6.45) is 1.07. The molecule has 31 heavy (non-hydrogen) atoms. The second-order valence-electron chi connectivity index (χ2n) is 7.37. The van der Waals surface area contributed by atoms with Gasteiger partial charge in [-0.15, -0.1) is 0 Å². The molecule has 1 aliphatic heterocycles. The smallest absolute Gasteiger partial charge is 0.412 e. The molecule has 0 spiro atoms. The Morgan fingerprint density at radius 1 is 1.16 bits per heavy atom. The van der Waals surface area contributed by atoms with Gasteiger partial charge in [-0.3, -0.25) is 5.32 Å². The molecule has 0 aliphatic carbocycles. The number of aromatic nitrogens is 2. The first-order valence-corrected chi connectivity index (χ1v) is 11.0. The fourth-order valence-electron chi connectivity index (χ4n) is 3.24. The van der Waals surface area contributed by atoms with Crippen LogP contribution in [0.5, 0.6) is 0 Å². The minimum absolute atomic E-state index is 0.0219. The number of amides is 1. The van der Waals surface area contributed by atoms with Crippen molar-refractivity contribution in [3.05, 3.63) is 59.2 Å². The van der Waals surface area contributed by atoms with Gasteiger partial charge in [0.1, 0.15) is 10.5 Å². The molecule has 0 saturated heterocycles. The predicted octanol–water partition coefficient (Wildman–Crippen LogP) is 3.99. The van der Waals surface area contributed by atoms with E-state index in [1.54, 1.807) is 24.4 Å². The maximum atomic E-state index is 11.7. The maximum Gasteiger partial charge on any atom is 0.412 e. The van der Waals surface area contributed by atoms with E-state index in [0.717, 1.165) is 11.1 Å². The Morgan fingerprint density at radius 2 is 1.94 bits per heavy atom. The monoisotopic (exact) mass is 459 g/mol. The second kappa shape index (κ2) is 7.49. The number of ether oxygens (including phenoxy) is 1. The summed E-state index contributed by atoms with van der Waals surface area (Å²) in [6, 6.07) is 11.6. The van der Waals surface area contributed by atoms with Gasteiger partial charge in [0.05, 0.1) is 16.4 Å². The average molecular weight is 460 g/mol. The number of sulfonamides is 1. The number of nitrogens with one attached hydrogen (secondary N) is 2. The van der Waals surface area contributed by atoms with E-state index < -0.39 is 21.7 Å². The highest BCUT2D eigenvalue weighted by atomic mass is 35.5. The molecule has 4 rings (SSSR count). The van der Waals surface area contributed by atoms with E-state index in [4.69, 9.17) is 21.5 Å². The third-order valence-corrected chi connectivity index (χ3v) is 6.09. The van der Waals surface area contributed by atoms with Crippen LogP contribution >= 0.6 is 11.6 Å². The summed E-state index contributed by atoms with van der Waals surface area (Å²) in [4.78, 5) is 20.2. The lowest BCUT2D eigenvalue weighted by Gasteiger charge is -2.32. The van der Waals surface area contributed by atoms with E-state index >= 15 is 0 Å². The van der Waals surface area contributed by atoms with Crippen molar-refractivity contribution in [3.63, 3.8) is 0 Å². The molecule has 0 bridgehead atoms. The lowest BCUT2D eigenvalue weighted by atomic mass is 9.92. The van der Waals surface area contributed by atoms with Crippen LogP contribution in [0.25, 0.3) is 11.3 Å². The van der Waals surface area contributed by atoms with Crippen molar-refractivity contribution in [2.24, 2.45) is 5.14 Å². The Labute approximate surface area is 183 Å². The first-order chi connectivity index (χ1) is 14.5. The number of cyclic esters (lactones) is 1. The first kappa shape index (κ1) is 21.0. The molecular formula is C20H18ClN5O4S. The Bertz CT molecular complexity index is 1310. The average Bonchev–Trinajstić information content (AvgIpc) is 2.68. The largest absolute Gasteiger partial charge is 0.438 e. The minimum Gasteiger partial charge on any atom is -0.438 e. The van der Waals surface area contributed by atoms with Crippen molar-refractivity contribution in [2.45, 2.75) is 24.3 Å². The molecule has 2 heterocycles. The first-order valence-electron chi connectivity index (χ1n) is 9.10. The number of primary sulfonamides is 1. The molecule has 3 aromatic rings. The van der Waals surface area contributed by atoms with Crippen molar-refractivity contribution in [1.82, 2.24) is 9.97 Å². The number of carbonyl (C=O) groups excluding carboxylic acids is 1. The summed E-state index contributed by atoms with van der Waals surface area (Å²) in [5.74, 6) is 0.252. The van der Waals surface area contributed by atoms with Gasteiger partial charge in [0.15, 0.2) is 0 Å². The zero-order valence-corrected chi connectivity index (χ0v) is 18.1. The number of halogens is 1. The molecule has 9 nitrogen and oxygen atoms in total. The van der Waals surface area contributed by atoms with E-state index in [0.29, 0.717) is 17.1 Å². The quantitative estimate of drug-likeness (QED) is 0.536. The summed E-state index contributed by atoms with van der Waals surface area (Å²) in [7, 11) is -3.98. The molecular weight excluding hydrogens is 442 g/mol. The van der Waals surface area contributed by atoms with Gasteiger partial charge in [-0.25, -0.2) is 28.3 Å². The fraction of sp³-hybridized carbons (Fsp3) is 0.150. The number of nitrogens with zero attached hydrogens (tertiary/aromatic N) is 2. The molecule has 0 unspecified atom stereocenters. The van der Waals surface area contributed by atoms with Crippen molar-refractivity contribution in [2.75, 3.05) is 10.6 Å². The van der Waals surface area contributed by atoms with Crippen LogP contribution in [0.1, 0.15) is 19.4 Å². The zero-order chi connectivity index (χ0) is 22.4. The number of nitrogens with two attached hydrogens (primary N) is 1. The van der Waals surface area contributed by atoms with Crippen LogP contribution in [0.15, 0.2) is 53.6 Å². The lowest BCUT2D eigenvalue weighted by Crippen LogP contribution is -2.34. The third-order valence-electron chi connectivity index (χ3n) is 4.70. The summed E-state index contributed by atoms with van der Waals surface area (Å²) < 4.78 is 28.7. The Morgan fingerprint density at radius 3 is 2.68 bits per heavy atom. The summed E-state index contributed by atoms with van der Waals surface area (Å²) in [6.45, 7) is 3.62. The summed E-state index contributed by atoms with van der Waals surface area (Å²) in [5, 5.41) is 10.9. The number of fused-ring (bicyclic) bond motifs is 1. The van der Waals surface area contributed by atoms with Gasteiger partial charge in [0.2, 0.25) is 16.0 Å². The van der Waals surface area contributed by atoms with Crippen LogP contribution in [0.3, 0.4) is 0 Å². The van der Waals surface area contributed by atoms with Gasteiger partial charge in [0, 0.05) is 23.0 Å². The maximum absolute atomic E-state index is 11.7. The molecule has 1 aromatic heterocycles. The van der Waals surface area contributed by atoms with E-state index in [9.17, 15) is 13.2 Å². The minimum atomic E-state index is -3.98. The Kier molecular flexibility index (Phi) is 5.08. The molecule has 0 saturated carbocycles. The summed E-state index contributed by atoms with van der Waals surface area (Å²) >= 11 is 5.92.